The van der Waals surface area contributed by atoms with Crippen LogP contribution in [-0.4, -0.2) is 47.8 Å². The van der Waals surface area contributed by atoms with Gasteiger partial charge in [-0.05, 0) is 29.8 Å². The molecule has 1 aliphatic rings. The first-order chi connectivity index (χ1) is 19.0. The smallest absolute Gasteiger partial charge is 0.331 e. The highest BCUT2D eigenvalue weighted by atomic mass is 32.1. The van der Waals surface area contributed by atoms with Crippen molar-refractivity contribution in [3.63, 3.8) is 0 Å². The molecule has 0 saturated heterocycles. The monoisotopic (exact) mass is 542 g/mol. The van der Waals surface area contributed by atoms with Crippen LogP contribution in [0.3, 0.4) is 0 Å². The number of oxime groups is 1. The van der Waals surface area contributed by atoms with Crippen LogP contribution >= 0.6 is 11.3 Å². The van der Waals surface area contributed by atoms with Gasteiger partial charge in [-0.15, -0.1) is 16.4 Å². The maximum absolute atomic E-state index is 13.6. The summed E-state index contributed by atoms with van der Waals surface area (Å²) in [5.41, 5.74) is 2.48. The van der Waals surface area contributed by atoms with Gasteiger partial charge in [0.2, 0.25) is 5.91 Å². The van der Waals surface area contributed by atoms with Crippen molar-refractivity contribution < 1.29 is 23.6 Å². The number of carbonyl (C=O) groups is 2. The number of ether oxygens (including phenoxy) is 1. The minimum atomic E-state index is -0.437. The molecule has 12 heteroatoms. The number of amides is 2. The predicted molar refractivity (Wildman–Crippen MR) is 147 cm³/mol. The summed E-state index contributed by atoms with van der Waals surface area (Å²) in [5, 5.41) is 17.4. The molecule has 1 aliphatic heterocycles. The molecule has 11 nitrogen and oxygen atoms in total. The molecule has 2 aromatic heterocycles. The Morgan fingerprint density at radius 1 is 1.10 bits per heavy atom. The van der Waals surface area contributed by atoms with Crippen molar-refractivity contribution in [2.24, 2.45) is 10.1 Å². The highest BCUT2D eigenvalue weighted by Crippen LogP contribution is 2.29. The van der Waals surface area contributed by atoms with E-state index in [-0.39, 0.29) is 29.2 Å². The molecule has 0 bridgehead atoms. The van der Waals surface area contributed by atoms with E-state index < -0.39 is 5.91 Å². The van der Waals surface area contributed by atoms with E-state index in [1.165, 1.54) is 30.3 Å². The molecule has 0 fully saturated rings. The minimum Gasteiger partial charge on any atom is -0.497 e. The first-order valence-electron chi connectivity index (χ1n) is 11.6. The molecule has 196 valence electrons. The number of nitrogens with zero attached hydrogens (tertiary/aromatic N) is 5. The molecule has 0 aliphatic carbocycles. The Labute approximate surface area is 227 Å². The lowest BCUT2D eigenvalue weighted by Gasteiger charge is -2.13. The van der Waals surface area contributed by atoms with Crippen LogP contribution in [0.2, 0.25) is 0 Å². The molecule has 3 heterocycles. The van der Waals surface area contributed by atoms with E-state index in [4.69, 9.17) is 14.0 Å². The van der Waals surface area contributed by atoms with Gasteiger partial charge in [-0.3, -0.25) is 9.59 Å². The van der Waals surface area contributed by atoms with Crippen LogP contribution in [0.4, 0.5) is 11.0 Å². The third kappa shape index (κ3) is 5.45. The average Bonchev–Trinajstić information content (AvgIpc) is 3.68. The van der Waals surface area contributed by atoms with Crippen LogP contribution < -0.4 is 15.0 Å². The van der Waals surface area contributed by atoms with Gasteiger partial charge in [-0.25, -0.2) is 9.89 Å². The third-order valence-corrected chi connectivity index (χ3v) is 6.32. The van der Waals surface area contributed by atoms with Gasteiger partial charge in [-0.2, -0.15) is 0 Å². The van der Waals surface area contributed by atoms with E-state index >= 15 is 0 Å². The normalized spacial score (nSPS) is 14.5. The lowest BCUT2D eigenvalue weighted by Crippen LogP contribution is -2.33. The quantitative estimate of drug-likeness (QED) is 0.199. The topological polar surface area (TPSA) is 132 Å². The van der Waals surface area contributed by atoms with Crippen molar-refractivity contribution in [1.29, 1.82) is 0 Å². The van der Waals surface area contributed by atoms with Gasteiger partial charge >= 0.3 is 6.01 Å². The number of methoxy groups -OCH3 is 1. The largest absolute Gasteiger partial charge is 0.497 e. The number of nitrogens with one attached hydrogen (secondary N) is 1. The summed E-state index contributed by atoms with van der Waals surface area (Å²) in [6.07, 6.45) is 1.68. The Balaban J connectivity index is 1.51. The zero-order valence-electron chi connectivity index (χ0n) is 21.1. The van der Waals surface area contributed by atoms with Crippen molar-refractivity contribution in [2.75, 3.05) is 24.4 Å². The number of thiophene rings is 1. The van der Waals surface area contributed by atoms with E-state index in [0.717, 1.165) is 5.56 Å². The van der Waals surface area contributed by atoms with E-state index in [0.29, 0.717) is 27.7 Å². The molecule has 0 atom stereocenters. The van der Waals surface area contributed by atoms with Crippen LogP contribution in [0.5, 0.6) is 5.75 Å². The second-order valence-electron chi connectivity index (χ2n) is 8.14. The SMILES string of the molecule is CON=C(c1csc(NC(C)=O)c1)c1nnc(N2C(=O)C(=Cc3ccc(OC)cc3)N=C2c2ccccc2)o1. The summed E-state index contributed by atoms with van der Waals surface area (Å²) in [6.45, 7) is 1.42. The van der Waals surface area contributed by atoms with Crippen LogP contribution in [0.1, 0.15) is 29.5 Å². The highest BCUT2D eigenvalue weighted by Gasteiger charge is 2.36. The second-order valence-corrected chi connectivity index (χ2v) is 9.05. The molecule has 4 aromatic rings. The lowest BCUT2D eigenvalue weighted by molar-refractivity contribution is -0.114. The summed E-state index contributed by atoms with van der Waals surface area (Å²) < 4.78 is 11.2. The van der Waals surface area contributed by atoms with Gasteiger partial charge in [0.05, 0.1) is 12.1 Å². The number of rotatable bonds is 8. The van der Waals surface area contributed by atoms with Crippen molar-refractivity contribution in [1.82, 2.24) is 10.2 Å². The lowest BCUT2D eigenvalue weighted by atomic mass is 10.2. The summed E-state index contributed by atoms with van der Waals surface area (Å²) in [6, 6.07) is 18.1. The zero-order chi connectivity index (χ0) is 27.4. The molecular formula is C27H22N6O5S. The maximum Gasteiger partial charge on any atom is 0.331 e. The van der Waals surface area contributed by atoms with Crippen LogP contribution in [0, 0.1) is 0 Å². The molecule has 2 amide bonds. The van der Waals surface area contributed by atoms with Crippen LogP contribution in [0.25, 0.3) is 6.08 Å². The Morgan fingerprint density at radius 3 is 2.56 bits per heavy atom. The number of amidine groups is 1. The fourth-order valence-corrected chi connectivity index (χ4v) is 4.57. The Bertz CT molecular complexity index is 1600. The van der Waals surface area contributed by atoms with Crippen molar-refractivity contribution in [3.05, 3.63) is 94.3 Å². The molecule has 0 radical (unpaired) electrons. The Morgan fingerprint density at radius 2 is 1.87 bits per heavy atom. The Hall–Kier alpha value is -5.10. The van der Waals surface area contributed by atoms with Gasteiger partial charge in [-0.1, -0.05) is 52.7 Å². The summed E-state index contributed by atoms with van der Waals surface area (Å²) in [7, 11) is 2.97. The number of aromatic nitrogens is 2. The van der Waals surface area contributed by atoms with E-state index in [2.05, 4.69) is 25.7 Å². The first kappa shape index (κ1) is 25.5. The van der Waals surface area contributed by atoms with Crippen molar-refractivity contribution >= 4 is 51.8 Å². The van der Waals surface area contributed by atoms with E-state index in [1.54, 1.807) is 36.8 Å². The fourth-order valence-electron chi connectivity index (χ4n) is 3.74. The molecule has 0 unspecified atom stereocenters. The van der Waals surface area contributed by atoms with E-state index in [1.807, 2.05) is 42.5 Å². The average molecular weight is 543 g/mol. The zero-order valence-corrected chi connectivity index (χ0v) is 21.9. The summed E-state index contributed by atoms with van der Waals surface area (Å²) >= 11 is 1.30. The number of anilines is 2. The standard InChI is InChI=1S/C27H22N6O5S/c1-16(34)28-22-14-19(15-39-22)23(32-37-3)25-30-31-27(38-25)33-24(18-7-5-4-6-8-18)29-21(26(33)35)13-17-9-11-20(36-2)12-10-17/h4-15H,1-3H3,(H,28,34). The predicted octanol–water partition coefficient (Wildman–Crippen LogP) is 4.33. The van der Waals surface area contributed by atoms with Crippen LogP contribution in [-0.2, 0) is 14.4 Å². The molecule has 5 rings (SSSR count). The number of hydrogen-bond donors (Lipinski definition) is 1. The molecular weight excluding hydrogens is 520 g/mol. The van der Waals surface area contributed by atoms with Gasteiger partial charge in [0.1, 0.15) is 18.6 Å². The molecule has 1 N–H and O–H groups in total. The van der Waals surface area contributed by atoms with Crippen molar-refractivity contribution in [2.45, 2.75) is 6.92 Å². The molecule has 0 spiro atoms. The molecule has 0 saturated carbocycles. The van der Waals surface area contributed by atoms with Gasteiger partial charge in [0.25, 0.3) is 11.8 Å². The highest BCUT2D eigenvalue weighted by molar-refractivity contribution is 7.14. The number of hydrogen-bond acceptors (Lipinski definition) is 10. The van der Waals surface area contributed by atoms with Gasteiger partial charge in [0, 0.05) is 23.4 Å². The minimum absolute atomic E-state index is 0.0202. The summed E-state index contributed by atoms with van der Waals surface area (Å²) in [4.78, 5) is 35.9. The van der Waals surface area contributed by atoms with E-state index in [9.17, 15) is 9.59 Å². The number of benzene rings is 2. The van der Waals surface area contributed by atoms with Crippen molar-refractivity contribution in [3.8, 4) is 5.75 Å². The Kier molecular flexibility index (Phi) is 7.28. The van der Waals surface area contributed by atoms with Crippen LogP contribution in [0.15, 0.2) is 86.3 Å². The maximum atomic E-state index is 13.6. The first-order valence-corrected chi connectivity index (χ1v) is 12.5. The van der Waals surface area contributed by atoms with Gasteiger partial charge in [0.15, 0.2) is 11.5 Å². The fraction of sp³-hybridized carbons (Fsp3) is 0.111. The number of aliphatic imine (C=N–C) groups is 1. The third-order valence-electron chi connectivity index (χ3n) is 5.47. The summed E-state index contributed by atoms with van der Waals surface area (Å²) in [5.74, 6) is 0.420. The van der Waals surface area contributed by atoms with Gasteiger partial charge < -0.3 is 19.3 Å². The number of carbonyl (C=O) groups excluding carboxylic acids is 2. The second kappa shape index (κ2) is 11.1. The molecule has 39 heavy (non-hydrogen) atoms. The molecule has 2 aromatic carbocycles.